The number of likely N-dealkylation sites (tertiary alicyclic amines) is 1. The van der Waals surface area contributed by atoms with Crippen molar-refractivity contribution in [3.05, 3.63) is 0 Å². The van der Waals surface area contributed by atoms with Crippen LogP contribution in [0.15, 0.2) is 0 Å². The molecule has 60 valence electrons. The fraction of sp³-hybridized carbons (Fsp3) is 1.00. The van der Waals surface area contributed by atoms with E-state index in [0.717, 1.165) is 6.54 Å². The molecule has 1 N–H and O–H groups in total. The number of likely N-dealkylation sites (N-methyl/N-ethyl adjacent to an activating group) is 2. The molecule has 1 fully saturated rings. The largest absolute Gasteiger partial charge is 0.316 e. The summed E-state index contributed by atoms with van der Waals surface area (Å²) in [6.45, 7) is 1.56. The van der Waals surface area contributed by atoms with Gasteiger partial charge in [-0.3, -0.25) is 0 Å². The molecule has 2 atom stereocenters. The molecule has 0 aliphatic carbocycles. The van der Waals surface area contributed by atoms with E-state index in [1.54, 1.807) is 0 Å². The normalized spacial score (nSPS) is 36.3. The molecule has 0 amide bonds. The van der Waals surface area contributed by atoms with Gasteiger partial charge < -0.3 is 10.2 Å². The molecule has 0 saturated carbocycles. The van der Waals surface area contributed by atoms with Crippen LogP contribution in [-0.4, -0.2) is 44.3 Å². The molecule has 1 aliphatic heterocycles. The van der Waals surface area contributed by atoms with E-state index in [4.69, 9.17) is 0 Å². The molecule has 0 aromatic rings. The summed E-state index contributed by atoms with van der Waals surface area (Å²) in [6, 6.07) is 0.341. The van der Waals surface area contributed by atoms with Crippen LogP contribution in [0.4, 0.5) is 4.39 Å². The zero-order chi connectivity index (χ0) is 7.56. The molecule has 1 rings (SSSR count). The van der Waals surface area contributed by atoms with Crippen LogP contribution in [0.1, 0.15) is 6.42 Å². The van der Waals surface area contributed by atoms with Crippen molar-refractivity contribution in [2.45, 2.75) is 18.6 Å². The number of hydrogen-bond acceptors (Lipinski definition) is 2. The first-order valence-corrected chi connectivity index (χ1v) is 3.72. The number of piperidine rings is 1. The molecule has 0 bridgehead atoms. The van der Waals surface area contributed by atoms with Crippen LogP contribution in [0.5, 0.6) is 0 Å². The first kappa shape index (κ1) is 7.95. The Balaban J connectivity index is 2.35. The van der Waals surface area contributed by atoms with Crippen molar-refractivity contribution in [1.82, 2.24) is 10.2 Å². The maximum absolute atomic E-state index is 12.8. The number of nitrogens with one attached hydrogen (secondary N) is 1. The Bertz CT molecular complexity index is 97.8. The third-order valence-electron chi connectivity index (χ3n) is 1.99. The van der Waals surface area contributed by atoms with E-state index in [1.807, 2.05) is 19.0 Å². The second kappa shape index (κ2) is 3.30. The first-order valence-electron chi connectivity index (χ1n) is 3.72. The van der Waals surface area contributed by atoms with Crippen molar-refractivity contribution >= 4 is 0 Å². The molecule has 2 unspecified atom stereocenters. The average molecular weight is 146 g/mol. The molecule has 10 heavy (non-hydrogen) atoms. The van der Waals surface area contributed by atoms with E-state index < -0.39 is 6.17 Å². The van der Waals surface area contributed by atoms with E-state index in [9.17, 15) is 4.39 Å². The van der Waals surface area contributed by atoms with Gasteiger partial charge in [-0.15, -0.1) is 0 Å². The number of halogens is 1. The molecular formula is C7H15FN2. The number of alkyl halides is 1. The Morgan fingerprint density at radius 3 is 2.70 bits per heavy atom. The van der Waals surface area contributed by atoms with Crippen molar-refractivity contribution in [1.29, 1.82) is 0 Å². The SMILES string of the molecule is CNC1CC(F)CN(C)C1. The first-order chi connectivity index (χ1) is 4.72. The Morgan fingerprint density at radius 1 is 1.50 bits per heavy atom. The zero-order valence-corrected chi connectivity index (χ0v) is 6.60. The van der Waals surface area contributed by atoms with Crippen molar-refractivity contribution in [3.8, 4) is 0 Å². The standard InChI is InChI=1S/C7H15FN2/c1-9-7-3-6(8)4-10(2)5-7/h6-7,9H,3-5H2,1-2H3. The Morgan fingerprint density at radius 2 is 2.20 bits per heavy atom. The fourth-order valence-corrected chi connectivity index (χ4v) is 1.46. The molecule has 2 nitrogen and oxygen atoms in total. The summed E-state index contributed by atoms with van der Waals surface area (Å²) < 4.78 is 12.8. The topological polar surface area (TPSA) is 15.3 Å². The van der Waals surface area contributed by atoms with Gasteiger partial charge in [0, 0.05) is 19.1 Å². The predicted octanol–water partition coefficient (Wildman–Crippen LogP) is 0.248. The van der Waals surface area contributed by atoms with Crippen LogP contribution in [0.3, 0.4) is 0 Å². The smallest absolute Gasteiger partial charge is 0.114 e. The number of rotatable bonds is 1. The van der Waals surface area contributed by atoms with E-state index in [1.165, 1.54) is 0 Å². The Kier molecular flexibility index (Phi) is 2.63. The van der Waals surface area contributed by atoms with Gasteiger partial charge in [0.1, 0.15) is 6.17 Å². The van der Waals surface area contributed by atoms with Crippen molar-refractivity contribution < 1.29 is 4.39 Å². The highest BCUT2D eigenvalue weighted by atomic mass is 19.1. The summed E-state index contributed by atoms with van der Waals surface area (Å²) in [6.07, 6.45) is 0.0251. The molecule has 1 aliphatic rings. The molecule has 0 aromatic carbocycles. The zero-order valence-electron chi connectivity index (χ0n) is 6.60. The van der Waals surface area contributed by atoms with Crippen LogP contribution in [-0.2, 0) is 0 Å². The highest BCUT2D eigenvalue weighted by molar-refractivity contribution is 4.80. The minimum Gasteiger partial charge on any atom is -0.316 e. The lowest BCUT2D eigenvalue weighted by Crippen LogP contribution is -2.47. The van der Waals surface area contributed by atoms with Gasteiger partial charge in [0.15, 0.2) is 0 Å². The minimum atomic E-state index is -0.642. The van der Waals surface area contributed by atoms with Gasteiger partial charge >= 0.3 is 0 Å². The summed E-state index contributed by atoms with van der Waals surface area (Å²) >= 11 is 0. The lowest BCUT2D eigenvalue weighted by molar-refractivity contribution is 0.136. The van der Waals surface area contributed by atoms with Crippen molar-refractivity contribution in [2.75, 3.05) is 27.2 Å². The highest BCUT2D eigenvalue weighted by Crippen LogP contribution is 2.11. The van der Waals surface area contributed by atoms with E-state index >= 15 is 0 Å². The minimum absolute atomic E-state index is 0.341. The van der Waals surface area contributed by atoms with E-state index in [2.05, 4.69) is 5.32 Å². The molecule has 0 spiro atoms. The summed E-state index contributed by atoms with van der Waals surface area (Å²) in [7, 11) is 3.84. The van der Waals surface area contributed by atoms with Gasteiger partial charge in [-0.2, -0.15) is 0 Å². The Hall–Kier alpha value is -0.150. The summed E-state index contributed by atoms with van der Waals surface area (Å²) in [5.41, 5.74) is 0. The number of nitrogens with zero attached hydrogens (tertiary/aromatic N) is 1. The lowest BCUT2D eigenvalue weighted by Gasteiger charge is -2.31. The summed E-state index contributed by atoms with van der Waals surface area (Å²) in [4.78, 5) is 2.02. The van der Waals surface area contributed by atoms with Crippen molar-refractivity contribution in [3.63, 3.8) is 0 Å². The fourth-order valence-electron chi connectivity index (χ4n) is 1.46. The number of hydrogen-bond donors (Lipinski definition) is 1. The van der Waals surface area contributed by atoms with Gasteiger partial charge in [-0.05, 0) is 20.5 Å². The molecule has 0 aromatic heterocycles. The molecule has 0 radical (unpaired) electrons. The van der Waals surface area contributed by atoms with Crippen LogP contribution < -0.4 is 5.32 Å². The van der Waals surface area contributed by atoms with E-state index in [-0.39, 0.29) is 0 Å². The highest BCUT2D eigenvalue weighted by Gasteiger charge is 2.23. The van der Waals surface area contributed by atoms with Gasteiger partial charge in [0.2, 0.25) is 0 Å². The van der Waals surface area contributed by atoms with Crippen LogP contribution in [0.2, 0.25) is 0 Å². The van der Waals surface area contributed by atoms with Crippen LogP contribution in [0, 0.1) is 0 Å². The summed E-state index contributed by atoms with van der Waals surface area (Å²) in [5.74, 6) is 0. The Labute approximate surface area is 61.4 Å². The maximum atomic E-state index is 12.8. The maximum Gasteiger partial charge on any atom is 0.114 e. The van der Waals surface area contributed by atoms with Gasteiger partial charge in [0.05, 0.1) is 0 Å². The van der Waals surface area contributed by atoms with Crippen molar-refractivity contribution in [2.24, 2.45) is 0 Å². The van der Waals surface area contributed by atoms with Gasteiger partial charge in [-0.25, -0.2) is 4.39 Å². The third-order valence-corrected chi connectivity index (χ3v) is 1.99. The second-order valence-electron chi connectivity index (χ2n) is 3.04. The van der Waals surface area contributed by atoms with Gasteiger partial charge in [0.25, 0.3) is 0 Å². The third kappa shape index (κ3) is 1.92. The quantitative estimate of drug-likeness (QED) is 0.570. The molecular weight excluding hydrogens is 131 g/mol. The predicted molar refractivity (Wildman–Crippen MR) is 39.9 cm³/mol. The van der Waals surface area contributed by atoms with E-state index in [0.29, 0.717) is 19.0 Å². The van der Waals surface area contributed by atoms with Crippen LogP contribution >= 0.6 is 0 Å². The lowest BCUT2D eigenvalue weighted by atomic mass is 10.1. The molecule has 1 heterocycles. The monoisotopic (exact) mass is 146 g/mol. The average Bonchev–Trinajstić information content (AvgIpc) is 1.85. The molecule has 3 heteroatoms. The molecule has 1 saturated heterocycles. The summed E-state index contributed by atoms with van der Waals surface area (Å²) in [5, 5.41) is 3.08. The second-order valence-corrected chi connectivity index (χ2v) is 3.04. The van der Waals surface area contributed by atoms with Gasteiger partial charge in [-0.1, -0.05) is 0 Å². The van der Waals surface area contributed by atoms with Crippen LogP contribution in [0.25, 0.3) is 0 Å².